The summed E-state index contributed by atoms with van der Waals surface area (Å²) < 4.78 is 21.1. The Morgan fingerprint density at radius 2 is 1.66 bits per heavy atom. The Bertz CT molecular complexity index is 856. The van der Waals surface area contributed by atoms with E-state index in [1.165, 1.54) is 19.8 Å². The summed E-state index contributed by atoms with van der Waals surface area (Å²) >= 11 is 6.20. The van der Waals surface area contributed by atoms with Gasteiger partial charge in [0.15, 0.2) is 11.5 Å². The van der Waals surface area contributed by atoms with Crippen LogP contribution in [0, 0.1) is 0 Å². The molecule has 0 aliphatic rings. The number of methoxy groups -OCH3 is 3. The molecule has 2 rings (SSSR count). The number of halogens is 1. The number of likely N-dealkylation sites (N-methyl/N-ethyl adjacent to an activating group) is 1. The highest BCUT2D eigenvalue weighted by Crippen LogP contribution is 2.33. The molecular weight excluding hydrogens is 430 g/mol. The van der Waals surface area contributed by atoms with Crippen LogP contribution in [-0.4, -0.2) is 57.9 Å². The van der Waals surface area contributed by atoms with Crippen molar-refractivity contribution in [1.29, 1.82) is 0 Å². The summed E-state index contributed by atoms with van der Waals surface area (Å²) in [7, 11) is 4.70. The standard InChI is InChI=1S/C25H34ClNO5/c1-6-27(18(2)15-19-9-11-20(29-3)12-10-19)13-7-8-14-32-25(28)21-16-23(30-4)24(31-5)17-22(21)26/h9-12,16-18H,6-8,13-15H2,1-5H3/t18-/m1/s1. The van der Waals surface area contributed by atoms with Gasteiger partial charge in [-0.05, 0) is 63.0 Å². The zero-order chi connectivity index (χ0) is 23.5. The Morgan fingerprint density at radius 1 is 1.00 bits per heavy atom. The minimum Gasteiger partial charge on any atom is -0.497 e. The molecule has 2 aromatic carbocycles. The average Bonchev–Trinajstić information content (AvgIpc) is 2.81. The highest BCUT2D eigenvalue weighted by Gasteiger charge is 2.17. The molecule has 2 aromatic rings. The van der Waals surface area contributed by atoms with Crippen molar-refractivity contribution in [3.05, 3.63) is 52.5 Å². The first-order chi connectivity index (χ1) is 15.4. The summed E-state index contributed by atoms with van der Waals surface area (Å²) in [5.74, 6) is 1.32. The minimum atomic E-state index is -0.462. The van der Waals surface area contributed by atoms with Crippen molar-refractivity contribution in [2.75, 3.05) is 41.0 Å². The molecule has 0 aliphatic heterocycles. The van der Waals surface area contributed by atoms with E-state index in [1.807, 2.05) is 12.1 Å². The molecule has 32 heavy (non-hydrogen) atoms. The number of ether oxygens (including phenoxy) is 4. The zero-order valence-electron chi connectivity index (χ0n) is 19.7. The molecule has 0 heterocycles. The molecule has 0 N–H and O–H groups in total. The Labute approximate surface area is 196 Å². The van der Waals surface area contributed by atoms with Gasteiger partial charge in [-0.1, -0.05) is 30.7 Å². The number of unbranched alkanes of at least 4 members (excludes halogenated alkanes) is 1. The van der Waals surface area contributed by atoms with Crippen LogP contribution < -0.4 is 14.2 Å². The molecule has 0 aliphatic carbocycles. The van der Waals surface area contributed by atoms with E-state index in [9.17, 15) is 4.79 Å². The smallest absolute Gasteiger partial charge is 0.339 e. The predicted octanol–water partition coefficient (Wildman–Crippen LogP) is 5.26. The van der Waals surface area contributed by atoms with Crippen LogP contribution in [0.2, 0.25) is 5.02 Å². The minimum absolute atomic E-state index is 0.271. The first-order valence-electron chi connectivity index (χ1n) is 10.9. The van der Waals surface area contributed by atoms with E-state index in [4.69, 9.17) is 30.5 Å². The Hall–Kier alpha value is -2.44. The first-order valence-corrected chi connectivity index (χ1v) is 11.3. The number of benzene rings is 2. The third kappa shape index (κ3) is 7.31. The largest absolute Gasteiger partial charge is 0.497 e. The summed E-state index contributed by atoms with van der Waals surface area (Å²) in [6.07, 6.45) is 2.70. The lowest BCUT2D eigenvalue weighted by Gasteiger charge is -2.28. The highest BCUT2D eigenvalue weighted by molar-refractivity contribution is 6.33. The van der Waals surface area contributed by atoms with Gasteiger partial charge in [-0.15, -0.1) is 0 Å². The van der Waals surface area contributed by atoms with Crippen LogP contribution in [0.25, 0.3) is 0 Å². The van der Waals surface area contributed by atoms with Crippen molar-refractivity contribution < 1.29 is 23.7 Å². The van der Waals surface area contributed by atoms with Crippen molar-refractivity contribution in [3.63, 3.8) is 0 Å². The van der Waals surface area contributed by atoms with Gasteiger partial charge in [0.05, 0.1) is 38.5 Å². The Balaban J connectivity index is 1.78. The second-order valence-electron chi connectivity index (χ2n) is 7.56. The van der Waals surface area contributed by atoms with Crippen molar-refractivity contribution in [1.82, 2.24) is 4.90 Å². The third-order valence-corrected chi connectivity index (χ3v) is 5.80. The lowest BCUT2D eigenvalue weighted by Crippen LogP contribution is -2.35. The molecule has 7 heteroatoms. The zero-order valence-corrected chi connectivity index (χ0v) is 20.4. The van der Waals surface area contributed by atoms with Crippen LogP contribution in [0.1, 0.15) is 42.6 Å². The number of nitrogens with zero attached hydrogens (tertiary/aromatic N) is 1. The summed E-state index contributed by atoms with van der Waals surface area (Å²) in [6.45, 7) is 6.67. The maximum absolute atomic E-state index is 12.4. The highest BCUT2D eigenvalue weighted by atomic mass is 35.5. The number of carbonyl (C=O) groups excluding carboxylic acids is 1. The summed E-state index contributed by atoms with van der Waals surface area (Å²) in [6, 6.07) is 11.7. The van der Waals surface area contributed by atoms with Crippen LogP contribution in [0.3, 0.4) is 0 Å². The lowest BCUT2D eigenvalue weighted by molar-refractivity contribution is 0.0493. The third-order valence-electron chi connectivity index (χ3n) is 5.49. The van der Waals surface area contributed by atoms with Gasteiger partial charge in [0, 0.05) is 12.1 Å². The van der Waals surface area contributed by atoms with E-state index in [0.717, 1.165) is 38.1 Å². The fraction of sp³-hybridized carbons (Fsp3) is 0.480. The molecule has 0 bridgehead atoms. The number of hydrogen-bond donors (Lipinski definition) is 0. The summed E-state index contributed by atoms with van der Waals surface area (Å²) in [4.78, 5) is 14.9. The van der Waals surface area contributed by atoms with Crippen molar-refractivity contribution in [2.24, 2.45) is 0 Å². The van der Waals surface area contributed by atoms with Gasteiger partial charge in [0.1, 0.15) is 5.75 Å². The van der Waals surface area contributed by atoms with Crippen molar-refractivity contribution in [2.45, 2.75) is 39.2 Å². The molecule has 0 spiro atoms. The van der Waals surface area contributed by atoms with Crippen LogP contribution in [0.4, 0.5) is 0 Å². The van der Waals surface area contributed by atoms with Gasteiger partial charge >= 0.3 is 5.97 Å². The summed E-state index contributed by atoms with van der Waals surface area (Å²) in [5, 5.41) is 0.275. The molecule has 0 fully saturated rings. The molecule has 0 saturated heterocycles. The second kappa shape index (κ2) is 13.2. The molecule has 0 radical (unpaired) electrons. The number of carbonyl (C=O) groups is 1. The van der Waals surface area contributed by atoms with Gasteiger partial charge in [-0.3, -0.25) is 0 Å². The molecular formula is C25H34ClNO5. The van der Waals surface area contributed by atoms with Crippen molar-refractivity contribution >= 4 is 17.6 Å². The molecule has 1 atom stereocenters. The summed E-state index contributed by atoms with van der Waals surface area (Å²) in [5.41, 5.74) is 1.56. The maximum Gasteiger partial charge on any atom is 0.339 e. The van der Waals surface area contributed by atoms with Crippen LogP contribution in [0.5, 0.6) is 17.2 Å². The molecule has 6 nitrogen and oxygen atoms in total. The molecule has 0 aromatic heterocycles. The normalized spacial score (nSPS) is 11.8. The average molecular weight is 464 g/mol. The SMILES string of the molecule is CCN(CCCCOC(=O)c1cc(OC)c(OC)cc1Cl)[C@H](C)Cc1ccc(OC)cc1. The van der Waals surface area contributed by atoms with E-state index in [-0.39, 0.29) is 10.6 Å². The van der Waals surface area contributed by atoms with Crippen LogP contribution in [-0.2, 0) is 11.2 Å². The van der Waals surface area contributed by atoms with E-state index in [0.29, 0.717) is 24.1 Å². The Morgan fingerprint density at radius 3 is 2.25 bits per heavy atom. The molecule has 0 amide bonds. The number of rotatable bonds is 13. The van der Waals surface area contributed by atoms with E-state index >= 15 is 0 Å². The topological polar surface area (TPSA) is 57.2 Å². The van der Waals surface area contributed by atoms with Gasteiger partial charge < -0.3 is 23.8 Å². The number of esters is 1. The van der Waals surface area contributed by atoms with Gasteiger partial charge in [0.25, 0.3) is 0 Å². The van der Waals surface area contributed by atoms with Gasteiger partial charge in [-0.2, -0.15) is 0 Å². The predicted molar refractivity (Wildman–Crippen MR) is 127 cm³/mol. The molecule has 0 saturated carbocycles. The monoisotopic (exact) mass is 463 g/mol. The van der Waals surface area contributed by atoms with E-state index in [2.05, 4.69) is 30.9 Å². The first kappa shape index (κ1) is 25.8. The fourth-order valence-corrected chi connectivity index (χ4v) is 3.82. The Kier molecular flexibility index (Phi) is 10.6. The van der Waals surface area contributed by atoms with Gasteiger partial charge in [0.2, 0.25) is 0 Å². The van der Waals surface area contributed by atoms with Gasteiger partial charge in [-0.25, -0.2) is 4.79 Å². The lowest BCUT2D eigenvalue weighted by atomic mass is 10.1. The van der Waals surface area contributed by atoms with Crippen LogP contribution in [0.15, 0.2) is 36.4 Å². The molecule has 0 unspecified atom stereocenters. The maximum atomic E-state index is 12.4. The quantitative estimate of drug-likeness (QED) is 0.298. The van der Waals surface area contributed by atoms with E-state index < -0.39 is 5.97 Å². The molecule has 176 valence electrons. The number of hydrogen-bond acceptors (Lipinski definition) is 6. The van der Waals surface area contributed by atoms with Crippen LogP contribution >= 0.6 is 11.6 Å². The fourth-order valence-electron chi connectivity index (χ4n) is 3.59. The van der Waals surface area contributed by atoms with Crippen molar-refractivity contribution in [3.8, 4) is 17.2 Å². The van der Waals surface area contributed by atoms with E-state index in [1.54, 1.807) is 19.2 Å². The second-order valence-corrected chi connectivity index (χ2v) is 7.97.